The highest BCUT2D eigenvalue weighted by Gasteiger charge is 2.28. The summed E-state index contributed by atoms with van der Waals surface area (Å²) in [6, 6.07) is 0. The van der Waals surface area contributed by atoms with Gasteiger partial charge in [-0.15, -0.1) is 0 Å². The van der Waals surface area contributed by atoms with Crippen molar-refractivity contribution in [1.82, 2.24) is 0 Å². The summed E-state index contributed by atoms with van der Waals surface area (Å²) >= 11 is 3.24. The van der Waals surface area contributed by atoms with Crippen molar-refractivity contribution in [1.29, 1.82) is 0 Å². The summed E-state index contributed by atoms with van der Waals surface area (Å²) in [6.07, 6.45) is 9.32. The highest BCUT2D eigenvalue weighted by atomic mass is 79.9. The smallest absolute Gasteiger partial charge is 0.320 e. The summed E-state index contributed by atoms with van der Waals surface area (Å²) in [5, 5.41) is 8.87. The fraction of sp³-hybridized carbons (Fsp3) is 0.917. The Morgan fingerprint density at radius 2 is 1.60 bits per heavy atom. The lowest BCUT2D eigenvalue weighted by atomic mass is 10.0. The van der Waals surface area contributed by atoms with E-state index < -0.39 is 10.3 Å². The fourth-order valence-electron chi connectivity index (χ4n) is 1.52. The molecule has 90 valence electrons. The molecular formula is C12H23BrO2. The molecule has 0 aromatic heterocycles. The normalized spacial score (nSPS) is 14.9. The minimum Gasteiger partial charge on any atom is -0.480 e. The maximum Gasteiger partial charge on any atom is 0.320 e. The predicted octanol–water partition coefficient (Wildman–Crippen LogP) is 4.37. The van der Waals surface area contributed by atoms with Gasteiger partial charge in [-0.25, -0.2) is 0 Å². The molecule has 1 atom stereocenters. The van der Waals surface area contributed by atoms with Gasteiger partial charge >= 0.3 is 5.97 Å². The van der Waals surface area contributed by atoms with E-state index in [1.807, 2.05) is 0 Å². The molecule has 0 bridgehead atoms. The number of carbonyl (C=O) groups is 1. The van der Waals surface area contributed by atoms with Crippen molar-refractivity contribution in [3.63, 3.8) is 0 Å². The summed E-state index contributed by atoms with van der Waals surface area (Å²) in [5.74, 6) is -0.756. The molecule has 0 amide bonds. The van der Waals surface area contributed by atoms with Gasteiger partial charge in [0, 0.05) is 0 Å². The Balaban J connectivity index is 3.35. The number of halogens is 1. The summed E-state index contributed by atoms with van der Waals surface area (Å²) in [4.78, 5) is 10.8. The van der Waals surface area contributed by atoms with E-state index in [4.69, 9.17) is 5.11 Å². The van der Waals surface area contributed by atoms with Crippen molar-refractivity contribution in [3.05, 3.63) is 0 Å². The first-order valence-electron chi connectivity index (χ1n) is 5.93. The summed E-state index contributed by atoms with van der Waals surface area (Å²) in [5.41, 5.74) is 0. The van der Waals surface area contributed by atoms with Crippen molar-refractivity contribution < 1.29 is 9.90 Å². The number of hydrogen-bond donors (Lipinski definition) is 1. The first kappa shape index (κ1) is 14.9. The number of carboxylic acid groups (broad SMARTS) is 1. The van der Waals surface area contributed by atoms with Crippen molar-refractivity contribution in [2.24, 2.45) is 0 Å². The van der Waals surface area contributed by atoms with Crippen molar-refractivity contribution in [2.75, 3.05) is 0 Å². The van der Waals surface area contributed by atoms with Gasteiger partial charge in [0.05, 0.1) is 0 Å². The van der Waals surface area contributed by atoms with Gasteiger partial charge < -0.3 is 5.11 Å². The van der Waals surface area contributed by atoms with Crippen LogP contribution in [0, 0.1) is 0 Å². The van der Waals surface area contributed by atoms with E-state index in [-0.39, 0.29) is 0 Å². The molecule has 0 radical (unpaired) electrons. The van der Waals surface area contributed by atoms with Crippen LogP contribution in [0.5, 0.6) is 0 Å². The van der Waals surface area contributed by atoms with Gasteiger partial charge in [-0.1, -0.05) is 67.8 Å². The highest BCUT2D eigenvalue weighted by molar-refractivity contribution is 9.10. The Kier molecular flexibility index (Phi) is 8.12. The molecule has 0 aliphatic carbocycles. The van der Waals surface area contributed by atoms with Crippen LogP contribution in [-0.2, 0) is 4.79 Å². The van der Waals surface area contributed by atoms with Crippen molar-refractivity contribution in [2.45, 2.75) is 69.5 Å². The van der Waals surface area contributed by atoms with Crippen LogP contribution in [0.25, 0.3) is 0 Å². The SMILES string of the molecule is CCCCCCCCCC(C)(Br)C(=O)O. The standard InChI is InChI=1S/C12H23BrO2/c1-3-4-5-6-7-8-9-10-12(2,13)11(14)15/h3-10H2,1-2H3,(H,14,15). The van der Waals surface area contributed by atoms with E-state index in [1.165, 1.54) is 32.1 Å². The average molecular weight is 279 g/mol. The highest BCUT2D eigenvalue weighted by Crippen LogP contribution is 2.25. The molecule has 0 heterocycles. The molecule has 0 aromatic carbocycles. The number of unbranched alkanes of at least 4 members (excludes halogenated alkanes) is 6. The third-order valence-corrected chi connectivity index (χ3v) is 3.43. The van der Waals surface area contributed by atoms with Gasteiger partial charge in [0.15, 0.2) is 0 Å². The fourth-order valence-corrected chi connectivity index (χ4v) is 1.80. The predicted molar refractivity (Wildman–Crippen MR) is 67.6 cm³/mol. The number of hydrogen-bond acceptors (Lipinski definition) is 1. The second kappa shape index (κ2) is 8.14. The largest absolute Gasteiger partial charge is 0.480 e. The summed E-state index contributed by atoms with van der Waals surface area (Å²) in [6.45, 7) is 3.94. The van der Waals surface area contributed by atoms with E-state index >= 15 is 0 Å². The van der Waals surface area contributed by atoms with Gasteiger partial charge in [-0.05, 0) is 13.3 Å². The molecular weight excluding hydrogens is 256 g/mol. The van der Waals surface area contributed by atoms with Crippen LogP contribution < -0.4 is 0 Å². The quantitative estimate of drug-likeness (QED) is 0.503. The number of aliphatic carboxylic acids is 1. The number of rotatable bonds is 9. The molecule has 2 nitrogen and oxygen atoms in total. The maximum absolute atomic E-state index is 10.8. The Morgan fingerprint density at radius 3 is 2.07 bits per heavy atom. The summed E-state index contributed by atoms with van der Waals surface area (Å²) < 4.78 is -0.726. The van der Waals surface area contributed by atoms with E-state index in [0.717, 1.165) is 19.3 Å². The Hall–Kier alpha value is -0.0500. The van der Waals surface area contributed by atoms with Crippen LogP contribution in [0.1, 0.15) is 65.2 Å². The number of alkyl halides is 1. The molecule has 0 spiro atoms. The minimum absolute atomic E-state index is 0.718. The van der Waals surface area contributed by atoms with E-state index in [0.29, 0.717) is 0 Å². The van der Waals surface area contributed by atoms with Crippen LogP contribution in [0.3, 0.4) is 0 Å². The van der Waals surface area contributed by atoms with Crippen LogP contribution in [-0.4, -0.2) is 15.4 Å². The minimum atomic E-state index is -0.756. The van der Waals surface area contributed by atoms with Crippen LogP contribution in [0.2, 0.25) is 0 Å². The Bertz CT molecular complexity index is 178. The third-order valence-electron chi connectivity index (χ3n) is 2.70. The van der Waals surface area contributed by atoms with E-state index in [9.17, 15) is 4.79 Å². The molecule has 0 aliphatic rings. The van der Waals surface area contributed by atoms with Gasteiger partial charge in [-0.3, -0.25) is 4.79 Å². The third kappa shape index (κ3) is 7.83. The number of carboxylic acids is 1. The zero-order valence-electron chi connectivity index (χ0n) is 9.89. The molecule has 0 fully saturated rings. The molecule has 0 saturated heterocycles. The molecule has 1 unspecified atom stereocenters. The average Bonchev–Trinajstić information content (AvgIpc) is 2.16. The Morgan fingerprint density at radius 1 is 1.13 bits per heavy atom. The van der Waals surface area contributed by atoms with Gasteiger partial charge in [-0.2, -0.15) is 0 Å². The zero-order valence-corrected chi connectivity index (χ0v) is 11.5. The molecule has 3 heteroatoms. The van der Waals surface area contributed by atoms with Crippen molar-refractivity contribution >= 4 is 21.9 Å². The lowest BCUT2D eigenvalue weighted by Crippen LogP contribution is -2.27. The Labute approximate surface area is 102 Å². The van der Waals surface area contributed by atoms with Crippen LogP contribution >= 0.6 is 15.9 Å². The summed E-state index contributed by atoms with van der Waals surface area (Å²) in [7, 11) is 0. The zero-order chi connectivity index (χ0) is 11.7. The van der Waals surface area contributed by atoms with Gasteiger partial charge in [0.2, 0.25) is 0 Å². The lowest BCUT2D eigenvalue weighted by Gasteiger charge is -2.16. The van der Waals surface area contributed by atoms with Gasteiger partial charge in [0.1, 0.15) is 4.32 Å². The van der Waals surface area contributed by atoms with Crippen LogP contribution in [0.4, 0.5) is 0 Å². The maximum atomic E-state index is 10.8. The van der Waals surface area contributed by atoms with Crippen LogP contribution in [0.15, 0.2) is 0 Å². The second-order valence-corrected chi connectivity index (χ2v) is 6.12. The second-order valence-electron chi connectivity index (χ2n) is 4.37. The molecule has 15 heavy (non-hydrogen) atoms. The topological polar surface area (TPSA) is 37.3 Å². The lowest BCUT2D eigenvalue weighted by molar-refractivity contribution is -0.139. The molecule has 1 N–H and O–H groups in total. The molecule has 0 aliphatic heterocycles. The molecule has 0 rings (SSSR count). The first-order chi connectivity index (χ1) is 7.00. The monoisotopic (exact) mass is 278 g/mol. The van der Waals surface area contributed by atoms with E-state index in [1.54, 1.807) is 6.92 Å². The molecule has 0 saturated carbocycles. The van der Waals surface area contributed by atoms with Gasteiger partial charge in [0.25, 0.3) is 0 Å². The first-order valence-corrected chi connectivity index (χ1v) is 6.72. The molecule has 0 aromatic rings. The van der Waals surface area contributed by atoms with Crippen molar-refractivity contribution in [3.8, 4) is 0 Å². The van der Waals surface area contributed by atoms with E-state index in [2.05, 4.69) is 22.9 Å².